The fourth-order valence-electron chi connectivity index (χ4n) is 5.89. The Bertz CT molecular complexity index is 1890. The van der Waals surface area contributed by atoms with Gasteiger partial charge in [-0.15, -0.1) is 23.1 Å². The van der Waals surface area contributed by atoms with Crippen LogP contribution in [0.5, 0.6) is 0 Å². The summed E-state index contributed by atoms with van der Waals surface area (Å²) in [4.78, 5) is 65.4. The molecule has 0 bridgehead atoms. The molecule has 3 aromatic rings. The number of fused-ring (bicyclic) bond motifs is 1. The molecule has 1 aromatic heterocycles. The maximum Gasteiger partial charge on any atom is 0.407 e. The molecule has 3 amide bonds. The highest BCUT2D eigenvalue weighted by atomic mass is 32.2. The average Bonchev–Trinajstić information content (AvgIpc) is 3.84. The first kappa shape index (κ1) is 38.9. The number of hydrogen-bond acceptors (Lipinski definition) is 13. The number of alkyl carbamates (subject to hydrolysis) is 1. The van der Waals surface area contributed by atoms with E-state index in [0.717, 1.165) is 35.3 Å². The lowest BCUT2D eigenvalue weighted by molar-refractivity contribution is -0.154. The van der Waals surface area contributed by atoms with Crippen LogP contribution in [0.3, 0.4) is 0 Å². The van der Waals surface area contributed by atoms with Crippen LogP contribution < -0.4 is 16.4 Å². The zero-order valence-electron chi connectivity index (χ0n) is 30.1. The predicted octanol–water partition coefficient (Wildman–Crippen LogP) is 5.41. The number of thiazole rings is 1. The smallest absolute Gasteiger partial charge is 0.407 e. The minimum atomic E-state index is -0.955. The van der Waals surface area contributed by atoms with Gasteiger partial charge < -0.3 is 30.7 Å². The summed E-state index contributed by atoms with van der Waals surface area (Å²) < 4.78 is 11.6. The topological polar surface area (TPSA) is 175 Å². The Balaban J connectivity index is 1.21. The van der Waals surface area contributed by atoms with Crippen LogP contribution in [0.15, 0.2) is 94.6 Å². The van der Waals surface area contributed by atoms with Gasteiger partial charge in [0.15, 0.2) is 16.9 Å². The van der Waals surface area contributed by atoms with E-state index in [1.165, 1.54) is 28.4 Å². The summed E-state index contributed by atoms with van der Waals surface area (Å²) in [6.45, 7) is 5.73. The Labute approximate surface area is 326 Å². The molecule has 2 aromatic carbocycles. The number of anilines is 1. The first-order valence-corrected chi connectivity index (χ1v) is 20.5. The number of benzene rings is 2. The van der Waals surface area contributed by atoms with E-state index in [2.05, 4.69) is 20.8 Å². The third kappa shape index (κ3) is 9.65. The van der Waals surface area contributed by atoms with Crippen molar-refractivity contribution in [3.05, 3.63) is 106 Å². The van der Waals surface area contributed by atoms with Crippen molar-refractivity contribution in [1.82, 2.24) is 20.5 Å². The second-order valence-electron chi connectivity index (χ2n) is 13.6. The molecule has 1 aliphatic carbocycles. The van der Waals surface area contributed by atoms with Gasteiger partial charge in [-0.25, -0.2) is 14.6 Å². The van der Waals surface area contributed by atoms with Gasteiger partial charge in [0.05, 0.1) is 0 Å². The molecule has 1 fully saturated rings. The molecule has 2 unspecified atom stereocenters. The number of rotatable bonds is 14. The number of aromatic nitrogens is 1. The van der Waals surface area contributed by atoms with Crippen LogP contribution in [0.25, 0.3) is 0 Å². The molecule has 4 N–H and O–H groups in total. The summed E-state index contributed by atoms with van der Waals surface area (Å²) in [6, 6.07) is 17.8. The van der Waals surface area contributed by atoms with Crippen molar-refractivity contribution in [2.75, 3.05) is 29.5 Å². The van der Waals surface area contributed by atoms with Crippen molar-refractivity contribution >= 4 is 69.6 Å². The largest absolute Gasteiger partial charge is 0.448 e. The van der Waals surface area contributed by atoms with E-state index < -0.39 is 47.0 Å². The fraction of sp³-hybridized carbons (Fsp3) is 0.368. The lowest BCUT2D eigenvalue weighted by atomic mass is 10.0. The van der Waals surface area contributed by atoms with Crippen LogP contribution >= 0.6 is 34.9 Å². The number of ether oxygens (including phenoxy) is 2. The standard InChI is InChI=1S/C38H42N6O7S3/c1-38(2,3)50-37(48)40-18-19-52-20-25-21-53-34-29(42-32(45)28(27-22-54-36(39)41-27)43-51-26-16-10-11-17-26)33(46)44(34)30(25)35(47)49-31(23-12-6-4-7-13-23)24-14-8-5-9-15-24/h4-10,12-16,22,26,29,31,34H,11,17-21H2,1-3H3,(H2,39,41)(H,40,48)(H,42,45)/t26?,29?,34-/m0/s1. The van der Waals surface area contributed by atoms with Crippen molar-refractivity contribution in [2.24, 2.45) is 5.16 Å². The van der Waals surface area contributed by atoms with Gasteiger partial charge in [0.2, 0.25) is 0 Å². The lowest BCUT2D eigenvalue weighted by Gasteiger charge is -2.49. The summed E-state index contributed by atoms with van der Waals surface area (Å²) >= 11 is 4.09. The van der Waals surface area contributed by atoms with E-state index in [-0.39, 0.29) is 28.3 Å². The number of allylic oxidation sites excluding steroid dienone is 1. The summed E-state index contributed by atoms with van der Waals surface area (Å²) in [5.74, 6) is -0.436. The molecule has 1 saturated heterocycles. The zero-order valence-corrected chi connectivity index (χ0v) is 32.5. The molecule has 3 heterocycles. The predicted molar refractivity (Wildman–Crippen MR) is 211 cm³/mol. The molecular weight excluding hydrogens is 749 g/mol. The van der Waals surface area contributed by atoms with Gasteiger partial charge in [-0.3, -0.25) is 14.5 Å². The van der Waals surface area contributed by atoms with Gasteiger partial charge in [-0.05, 0) is 56.4 Å². The minimum absolute atomic E-state index is 0.101. The second-order valence-corrected chi connectivity index (χ2v) is 16.7. The number of carbonyl (C=O) groups excluding carboxylic acids is 4. The number of esters is 1. The van der Waals surface area contributed by atoms with Crippen LogP contribution in [-0.2, 0) is 28.7 Å². The number of thioether (sulfide) groups is 2. The molecule has 16 heteroatoms. The van der Waals surface area contributed by atoms with E-state index in [1.807, 2.05) is 72.8 Å². The van der Waals surface area contributed by atoms with Crippen LogP contribution in [0.1, 0.15) is 56.5 Å². The fourth-order valence-corrected chi connectivity index (χ4v) is 8.79. The zero-order chi connectivity index (χ0) is 38.2. The first-order chi connectivity index (χ1) is 26.0. The number of oxime groups is 1. The highest BCUT2D eigenvalue weighted by molar-refractivity contribution is 8.01. The second kappa shape index (κ2) is 17.6. The van der Waals surface area contributed by atoms with Crippen LogP contribution in [0, 0.1) is 0 Å². The van der Waals surface area contributed by atoms with E-state index in [4.69, 9.17) is 20.0 Å². The van der Waals surface area contributed by atoms with Crippen molar-refractivity contribution < 1.29 is 33.5 Å². The molecule has 0 saturated carbocycles. The molecule has 3 aliphatic rings. The number of β-lactam (4-membered cyclic amide) rings is 1. The van der Waals surface area contributed by atoms with Crippen molar-refractivity contribution in [2.45, 2.75) is 62.8 Å². The maximum absolute atomic E-state index is 14.3. The number of amides is 3. The Hall–Kier alpha value is -4.80. The number of nitrogens with two attached hydrogens (primary N) is 1. The van der Waals surface area contributed by atoms with Crippen LogP contribution in [0.4, 0.5) is 9.93 Å². The number of hydrogen-bond donors (Lipinski definition) is 3. The number of carbonyl (C=O) groups is 4. The SMILES string of the molecule is CC(C)(C)OC(=O)NCCSCC1=C(C(=O)OC(c2ccccc2)c2ccccc2)N2C(=O)C(NC(=O)C(=NOC3C=CCC3)c3csc(N)n3)[C@@H]2SC1. The quantitative estimate of drug-likeness (QED) is 0.0476. The van der Waals surface area contributed by atoms with Gasteiger partial charge in [-0.1, -0.05) is 71.9 Å². The summed E-state index contributed by atoms with van der Waals surface area (Å²) in [5, 5.41) is 11.0. The lowest BCUT2D eigenvalue weighted by Crippen LogP contribution is -2.71. The third-order valence-corrected chi connectivity index (χ3v) is 11.4. The summed E-state index contributed by atoms with van der Waals surface area (Å²) in [6.07, 6.45) is 3.90. The third-order valence-electron chi connectivity index (χ3n) is 8.38. The van der Waals surface area contributed by atoms with E-state index >= 15 is 0 Å². The molecule has 0 spiro atoms. The molecule has 0 radical (unpaired) electrons. The normalized spacial score (nSPS) is 19.6. The number of nitrogen functional groups attached to an aromatic ring is 1. The van der Waals surface area contributed by atoms with Crippen molar-refractivity contribution in [1.29, 1.82) is 0 Å². The molecule has 284 valence electrons. The van der Waals surface area contributed by atoms with E-state index in [9.17, 15) is 19.2 Å². The summed E-state index contributed by atoms with van der Waals surface area (Å²) in [7, 11) is 0. The highest BCUT2D eigenvalue weighted by Gasteiger charge is 2.55. The van der Waals surface area contributed by atoms with Gasteiger partial charge >= 0.3 is 12.1 Å². The molecule has 54 heavy (non-hydrogen) atoms. The van der Waals surface area contributed by atoms with Crippen molar-refractivity contribution in [3.63, 3.8) is 0 Å². The number of nitrogens with zero attached hydrogens (tertiary/aromatic N) is 3. The summed E-state index contributed by atoms with van der Waals surface area (Å²) in [5.41, 5.74) is 7.78. The Morgan fingerprint density at radius 1 is 1.09 bits per heavy atom. The van der Waals surface area contributed by atoms with Gasteiger partial charge in [0.25, 0.3) is 11.8 Å². The molecule has 2 aliphatic heterocycles. The Morgan fingerprint density at radius 3 is 2.41 bits per heavy atom. The minimum Gasteiger partial charge on any atom is -0.448 e. The maximum atomic E-state index is 14.3. The molecule has 3 atom stereocenters. The van der Waals surface area contributed by atoms with Crippen LogP contribution in [0.2, 0.25) is 0 Å². The Morgan fingerprint density at radius 2 is 1.80 bits per heavy atom. The monoisotopic (exact) mass is 790 g/mol. The van der Waals surface area contributed by atoms with Gasteiger partial charge in [-0.2, -0.15) is 11.8 Å². The van der Waals surface area contributed by atoms with E-state index in [0.29, 0.717) is 29.4 Å². The number of nitrogens with one attached hydrogen (secondary N) is 2. The van der Waals surface area contributed by atoms with Crippen molar-refractivity contribution in [3.8, 4) is 0 Å². The Kier molecular flexibility index (Phi) is 12.7. The van der Waals surface area contributed by atoms with E-state index in [1.54, 1.807) is 26.2 Å². The molecule has 13 nitrogen and oxygen atoms in total. The molecular formula is C38H42N6O7S3. The van der Waals surface area contributed by atoms with Gasteiger partial charge in [0.1, 0.15) is 34.5 Å². The molecule has 6 rings (SSSR count). The highest BCUT2D eigenvalue weighted by Crippen LogP contribution is 2.42. The van der Waals surface area contributed by atoms with Crippen LogP contribution in [-0.4, -0.2) is 86.4 Å². The van der Waals surface area contributed by atoms with Gasteiger partial charge in [0, 0.05) is 29.2 Å². The average molecular weight is 791 g/mol. The first-order valence-electron chi connectivity index (χ1n) is 17.4.